The molecule has 0 aromatic carbocycles. The molecule has 0 fully saturated rings. The Morgan fingerprint density at radius 1 is 1.90 bits per heavy atom. The highest BCUT2D eigenvalue weighted by atomic mass is 16.6. The number of rotatable bonds is 3. The lowest BCUT2D eigenvalue weighted by Crippen LogP contribution is -2.11. The molecular weight excluding hydrogens is 134 g/mol. The summed E-state index contributed by atoms with van der Waals surface area (Å²) in [5.41, 5.74) is 0. The molecule has 0 saturated heterocycles. The van der Waals surface area contributed by atoms with E-state index in [2.05, 4.69) is 21.7 Å². The van der Waals surface area contributed by atoms with Gasteiger partial charge in [0, 0.05) is 6.92 Å². The van der Waals surface area contributed by atoms with Crippen molar-refractivity contribution in [2.24, 2.45) is 10.9 Å². The van der Waals surface area contributed by atoms with E-state index in [0.29, 0.717) is 6.41 Å². The van der Waals surface area contributed by atoms with Crippen LogP contribution >= 0.6 is 0 Å². The summed E-state index contributed by atoms with van der Waals surface area (Å²) in [7, 11) is 0. The Balaban J connectivity index is 3.86. The second kappa shape index (κ2) is 4.51. The summed E-state index contributed by atoms with van der Waals surface area (Å²) in [6.45, 7) is 4.91. The first-order valence-corrected chi connectivity index (χ1v) is 2.51. The Bertz CT molecular complexity index is 164. The fourth-order valence-electron chi connectivity index (χ4n) is 0.317. The van der Waals surface area contributed by atoms with Crippen molar-refractivity contribution in [3.05, 3.63) is 12.4 Å². The fourth-order valence-corrected chi connectivity index (χ4v) is 0.317. The summed E-state index contributed by atoms with van der Waals surface area (Å²) in [4.78, 5) is 17.6. The summed E-state index contributed by atoms with van der Waals surface area (Å²) in [5, 5.41) is 2.21. The first-order chi connectivity index (χ1) is 4.70. The number of hydrogen-bond acceptors (Lipinski definition) is 4. The maximum Gasteiger partial charge on any atom is 0.212 e. The van der Waals surface area contributed by atoms with Gasteiger partial charge in [0.1, 0.15) is 5.82 Å². The van der Waals surface area contributed by atoms with Crippen molar-refractivity contribution < 1.29 is 9.63 Å². The molecule has 0 aromatic heterocycles. The van der Waals surface area contributed by atoms with Crippen molar-refractivity contribution in [3.8, 4) is 0 Å². The van der Waals surface area contributed by atoms with Crippen molar-refractivity contribution in [1.82, 2.24) is 5.32 Å². The van der Waals surface area contributed by atoms with Crippen molar-refractivity contribution in [2.45, 2.75) is 6.92 Å². The second-order valence-electron chi connectivity index (χ2n) is 1.46. The van der Waals surface area contributed by atoms with Crippen LogP contribution in [-0.4, -0.2) is 12.3 Å². The van der Waals surface area contributed by atoms with Gasteiger partial charge in [0.25, 0.3) is 0 Å². The molecule has 0 rings (SSSR count). The monoisotopic (exact) mass is 143 g/mol. The molecule has 0 aliphatic rings. The minimum Gasteiger partial charge on any atom is -0.396 e. The Morgan fingerprint density at radius 3 is 2.90 bits per heavy atom. The standard InChI is InChI=1S/C5H9N3O2/c1-4(7-3-9)8-5(2)10-6/h3H,1,6H2,2H3,(H,7,9). The number of nitrogens with two attached hydrogens (primary N) is 1. The lowest BCUT2D eigenvalue weighted by atomic mass is 10.7. The summed E-state index contributed by atoms with van der Waals surface area (Å²) in [6.07, 6.45) is 0.468. The molecule has 5 nitrogen and oxygen atoms in total. The molecule has 0 atom stereocenters. The molecule has 0 aromatic rings. The van der Waals surface area contributed by atoms with Gasteiger partial charge in [-0.1, -0.05) is 6.58 Å². The van der Waals surface area contributed by atoms with E-state index in [9.17, 15) is 4.79 Å². The maximum absolute atomic E-state index is 9.77. The van der Waals surface area contributed by atoms with Crippen LogP contribution in [0.3, 0.4) is 0 Å². The van der Waals surface area contributed by atoms with Gasteiger partial charge in [0.15, 0.2) is 0 Å². The zero-order valence-corrected chi connectivity index (χ0v) is 5.63. The lowest BCUT2D eigenvalue weighted by Gasteiger charge is -1.97. The van der Waals surface area contributed by atoms with E-state index >= 15 is 0 Å². The van der Waals surface area contributed by atoms with Gasteiger partial charge in [0.05, 0.1) is 0 Å². The number of aliphatic imine (C=N–C) groups is 1. The molecule has 0 heterocycles. The first-order valence-electron chi connectivity index (χ1n) is 2.51. The fraction of sp³-hybridized carbons (Fsp3) is 0.200. The topological polar surface area (TPSA) is 76.7 Å². The molecule has 3 N–H and O–H groups in total. The second-order valence-corrected chi connectivity index (χ2v) is 1.46. The minimum atomic E-state index is 0.193. The van der Waals surface area contributed by atoms with Crippen LogP contribution in [0.25, 0.3) is 0 Å². The predicted octanol–water partition coefficient (Wildman–Crippen LogP) is -0.488. The highest BCUT2D eigenvalue weighted by Crippen LogP contribution is 1.85. The van der Waals surface area contributed by atoms with E-state index in [1.54, 1.807) is 0 Å². The number of carbonyl (C=O) groups is 1. The molecule has 5 heteroatoms. The third kappa shape index (κ3) is 3.62. The van der Waals surface area contributed by atoms with Crippen LogP contribution in [-0.2, 0) is 9.63 Å². The Hall–Kier alpha value is -1.36. The summed E-state index contributed by atoms with van der Waals surface area (Å²) < 4.78 is 0. The molecule has 0 spiro atoms. The predicted molar refractivity (Wildman–Crippen MR) is 36.7 cm³/mol. The molecule has 0 saturated carbocycles. The molecule has 0 aliphatic heterocycles. The Morgan fingerprint density at radius 2 is 2.50 bits per heavy atom. The van der Waals surface area contributed by atoms with E-state index in [0.717, 1.165) is 0 Å². The van der Waals surface area contributed by atoms with Crippen LogP contribution in [0, 0.1) is 0 Å². The number of nitrogens with zero attached hydrogens (tertiary/aromatic N) is 1. The number of hydrogen-bond donors (Lipinski definition) is 2. The van der Waals surface area contributed by atoms with Gasteiger partial charge >= 0.3 is 0 Å². The molecule has 0 aliphatic carbocycles. The molecular formula is C5H9N3O2. The van der Waals surface area contributed by atoms with E-state index in [-0.39, 0.29) is 11.7 Å². The maximum atomic E-state index is 9.77. The quantitative estimate of drug-likeness (QED) is 0.242. The molecule has 56 valence electrons. The smallest absolute Gasteiger partial charge is 0.212 e. The van der Waals surface area contributed by atoms with Crippen molar-refractivity contribution in [3.63, 3.8) is 0 Å². The highest BCUT2D eigenvalue weighted by Gasteiger charge is 1.89. The zero-order chi connectivity index (χ0) is 7.98. The van der Waals surface area contributed by atoms with E-state index < -0.39 is 0 Å². The van der Waals surface area contributed by atoms with Crippen LogP contribution < -0.4 is 11.2 Å². The van der Waals surface area contributed by atoms with Gasteiger partial charge in [-0.15, -0.1) is 0 Å². The third-order valence-electron chi connectivity index (χ3n) is 0.688. The highest BCUT2D eigenvalue weighted by molar-refractivity contribution is 5.74. The van der Waals surface area contributed by atoms with Gasteiger partial charge in [-0.3, -0.25) is 4.79 Å². The van der Waals surface area contributed by atoms with Crippen LogP contribution in [0.15, 0.2) is 17.4 Å². The largest absolute Gasteiger partial charge is 0.396 e. The molecule has 1 amide bonds. The van der Waals surface area contributed by atoms with Crippen LogP contribution in [0.2, 0.25) is 0 Å². The van der Waals surface area contributed by atoms with Gasteiger partial charge in [0.2, 0.25) is 12.3 Å². The normalized spacial score (nSPS) is 10.4. The van der Waals surface area contributed by atoms with Crippen LogP contribution in [0.4, 0.5) is 0 Å². The Labute approximate surface area is 58.5 Å². The molecule has 0 bridgehead atoms. The summed E-state index contributed by atoms with van der Waals surface area (Å²) in [5.74, 6) is 5.16. The van der Waals surface area contributed by atoms with Crippen molar-refractivity contribution >= 4 is 12.3 Å². The van der Waals surface area contributed by atoms with Gasteiger partial charge in [-0.2, -0.15) is 10.9 Å². The molecule has 0 unspecified atom stereocenters. The average Bonchev–Trinajstić information content (AvgIpc) is 1.88. The zero-order valence-electron chi connectivity index (χ0n) is 5.63. The van der Waals surface area contributed by atoms with Gasteiger partial charge in [-0.25, -0.2) is 0 Å². The molecule has 10 heavy (non-hydrogen) atoms. The van der Waals surface area contributed by atoms with Crippen LogP contribution in [0.1, 0.15) is 6.92 Å². The lowest BCUT2D eigenvalue weighted by molar-refractivity contribution is -0.108. The van der Waals surface area contributed by atoms with E-state index in [4.69, 9.17) is 5.90 Å². The third-order valence-corrected chi connectivity index (χ3v) is 0.688. The average molecular weight is 143 g/mol. The summed E-state index contributed by atoms with van der Waals surface area (Å²) >= 11 is 0. The molecule has 0 radical (unpaired) electrons. The summed E-state index contributed by atoms with van der Waals surface area (Å²) in [6, 6.07) is 0. The number of amides is 1. The van der Waals surface area contributed by atoms with Gasteiger partial charge in [-0.05, 0) is 0 Å². The first kappa shape index (κ1) is 8.64. The van der Waals surface area contributed by atoms with E-state index in [1.165, 1.54) is 6.92 Å². The number of nitrogens with one attached hydrogen (secondary N) is 1. The SMILES string of the molecule is C=C(N=C(C)ON)NC=O. The van der Waals surface area contributed by atoms with E-state index in [1.807, 2.05) is 0 Å². The Kier molecular flexibility index (Phi) is 3.90. The number of carbonyl (C=O) groups excluding carboxylic acids is 1. The van der Waals surface area contributed by atoms with Gasteiger partial charge < -0.3 is 10.2 Å². The van der Waals surface area contributed by atoms with Crippen molar-refractivity contribution in [1.29, 1.82) is 0 Å². The van der Waals surface area contributed by atoms with Crippen LogP contribution in [0.5, 0.6) is 0 Å². The van der Waals surface area contributed by atoms with Crippen molar-refractivity contribution in [2.75, 3.05) is 0 Å². The minimum absolute atomic E-state index is 0.193.